The molecule has 0 bridgehead atoms. The molecule has 0 spiro atoms. The summed E-state index contributed by atoms with van der Waals surface area (Å²) in [6, 6.07) is 3.15. The van der Waals surface area contributed by atoms with Crippen LogP contribution < -0.4 is 11.3 Å². The van der Waals surface area contributed by atoms with Crippen LogP contribution in [0.5, 0.6) is 0 Å². The molecular formula is C8H9IN2O2. The first kappa shape index (κ1) is 10.2. The van der Waals surface area contributed by atoms with Crippen molar-refractivity contribution in [2.75, 3.05) is 0 Å². The third kappa shape index (κ3) is 2.30. The van der Waals surface area contributed by atoms with E-state index in [0.717, 1.165) is 9.26 Å². The summed E-state index contributed by atoms with van der Waals surface area (Å²) in [6.45, 7) is 1.73. The van der Waals surface area contributed by atoms with Crippen molar-refractivity contribution in [1.82, 2.24) is 4.57 Å². The maximum atomic E-state index is 11.3. The number of rotatable bonds is 2. The maximum absolute atomic E-state index is 11.3. The molecule has 0 aliphatic heterocycles. The summed E-state index contributed by atoms with van der Waals surface area (Å²) in [5.74, 6) is -0.507. The highest BCUT2D eigenvalue weighted by molar-refractivity contribution is 14.1. The summed E-state index contributed by atoms with van der Waals surface area (Å²) in [5.41, 5.74) is 5.58. The van der Waals surface area contributed by atoms with Crippen LogP contribution in [0.2, 0.25) is 0 Å². The summed E-state index contributed by atoms with van der Waals surface area (Å²) >= 11 is 2.10. The van der Waals surface area contributed by atoms with Gasteiger partial charge in [0, 0.05) is 15.3 Å². The number of hydrogen-bond donors (Lipinski definition) is 1. The van der Waals surface area contributed by atoms with Crippen molar-refractivity contribution < 1.29 is 4.79 Å². The number of aromatic nitrogens is 1. The molecule has 70 valence electrons. The van der Waals surface area contributed by atoms with E-state index in [1.54, 1.807) is 13.0 Å². The zero-order valence-electron chi connectivity index (χ0n) is 7.08. The van der Waals surface area contributed by atoms with Crippen LogP contribution >= 0.6 is 22.6 Å². The molecule has 0 saturated heterocycles. The van der Waals surface area contributed by atoms with Gasteiger partial charge in [-0.15, -0.1) is 0 Å². The fraction of sp³-hybridized carbons (Fsp3) is 0.250. The number of carbonyl (C=O) groups is 1. The predicted octanol–water partition coefficient (Wildman–Crippen LogP) is 0.247. The van der Waals surface area contributed by atoms with Crippen LogP contribution in [0.1, 0.15) is 5.69 Å². The molecule has 5 heteroatoms. The minimum Gasteiger partial charge on any atom is -0.368 e. The molecule has 1 rings (SSSR count). The topological polar surface area (TPSA) is 65.1 Å². The fourth-order valence-corrected chi connectivity index (χ4v) is 1.47. The molecule has 0 aromatic carbocycles. The highest BCUT2D eigenvalue weighted by Gasteiger charge is 2.05. The fourth-order valence-electron chi connectivity index (χ4n) is 1.00. The molecule has 13 heavy (non-hydrogen) atoms. The van der Waals surface area contributed by atoms with Crippen LogP contribution in [-0.4, -0.2) is 10.5 Å². The van der Waals surface area contributed by atoms with Gasteiger partial charge in [-0.2, -0.15) is 0 Å². The molecule has 1 amide bonds. The van der Waals surface area contributed by atoms with Gasteiger partial charge in [-0.25, -0.2) is 0 Å². The Bertz CT molecular complexity index is 398. The highest BCUT2D eigenvalue weighted by atomic mass is 127. The summed E-state index contributed by atoms with van der Waals surface area (Å²) in [7, 11) is 0. The van der Waals surface area contributed by atoms with Crippen LogP contribution in [0.15, 0.2) is 16.9 Å². The number of amides is 1. The Hall–Kier alpha value is -0.850. The second-order valence-corrected chi connectivity index (χ2v) is 3.82. The SMILES string of the molecule is Cc1c(I)ccc(=O)n1CC(N)=O. The van der Waals surface area contributed by atoms with Gasteiger partial charge in [-0.1, -0.05) is 0 Å². The zero-order chi connectivity index (χ0) is 10.0. The van der Waals surface area contributed by atoms with Gasteiger partial charge in [-0.3, -0.25) is 9.59 Å². The Kier molecular flexibility index (Phi) is 3.07. The van der Waals surface area contributed by atoms with Crippen molar-refractivity contribution in [2.24, 2.45) is 5.73 Å². The van der Waals surface area contributed by atoms with Gasteiger partial charge in [0.05, 0.1) is 0 Å². The number of nitrogens with two attached hydrogens (primary N) is 1. The number of hydrogen-bond acceptors (Lipinski definition) is 2. The van der Waals surface area contributed by atoms with E-state index in [-0.39, 0.29) is 12.1 Å². The van der Waals surface area contributed by atoms with Crippen molar-refractivity contribution in [3.05, 3.63) is 31.8 Å². The summed E-state index contributed by atoms with van der Waals surface area (Å²) in [5, 5.41) is 0. The minimum absolute atomic E-state index is 0.0541. The number of primary amides is 1. The molecule has 0 atom stereocenters. The van der Waals surface area contributed by atoms with Crippen molar-refractivity contribution in [3.63, 3.8) is 0 Å². The van der Waals surface area contributed by atoms with Crippen molar-refractivity contribution in [1.29, 1.82) is 0 Å². The quantitative estimate of drug-likeness (QED) is 0.794. The summed E-state index contributed by atoms with van der Waals surface area (Å²) in [6.07, 6.45) is 0. The van der Waals surface area contributed by atoms with Gasteiger partial charge < -0.3 is 10.3 Å². The van der Waals surface area contributed by atoms with Crippen LogP contribution in [0, 0.1) is 10.5 Å². The first-order valence-electron chi connectivity index (χ1n) is 3.66. The average Bonchev–Trinajstić information content (AvgIpc) is 2.05. The molecule has 1 aromatic rings. The molecule has 0 fully saturated rings. The first-order chi connectivity index (χ1) is 6.02. The van der Waals surface area contributed by atoms with Gasteiger partial charge in [0.2, 0.25) is 5.91 Å². The van der Waals surface area contributed by atoms with Gasteiger partial charge in [0.25, 0.3) is 5.56 Å². The normalized spacial score (nSPS) is 10.0. The van der Waals surface area contributed by atoms with Crippen LogP contribution in [0.3, 0.4) is 0 Å². The lowest BCUT2D eigenvalue weighted by Gasteiger charge is -2.08. The molecular weight excluding hydrogens is 283 g/mol. The molecule has 0 saturated carbocycles. The van der Waals surface area contributed by atoms with Crippen molar-refractivity contribution >= 4 is 28.5 Å². The standard InChI is InChI=1S/C8H9IN2O2/c1-5-6(9)2-3-8(13)11(5)4-7(10)12/h2-3H,4H2,1H3,(H2,10,12). The number of pyridine rings is 1. The number of carbonyl (C=O) groups excluding carboxylic acids is 1. The second kappa shape index (κ2) is 3.91. The van der Waals surface area contributed by atoms with E-state index in [1.807, 2.05) is 0 Å². The molecule has 4 nitrogen and oxygen atoms in total. The van der Waals surface area contributed by atoms with E-state index in [4.69, 9.17) is 5.73 Å². The molecule has 0 aliphatic rings. The van der Waals surface area contributed by atoms with Crippen LogP contribution in [0.4, 0.5) is 0 Å². The first-order valence-corrected chi connectivity index (χ1v) is 4.74. The molecule has 0 radical (unpaired) electrons. The van der Waals surface area contributed by atoms with Crippen molar-refractivity contribution in [3.8, 4) is 0 Å². The lowest BCUT2D eigenvalue weighted by Crippen LogP contribution is -2.29. The maximum Gasteiger partial charge on any atom is 0.251 e. The Labute approximate surface area is 88.9 Å². The van der Waals surface area contributed by atoms with Gasteiger partial charge >= 0.3 is 0 Å². The van der Waals surface area contributed by atoms with Crippen LogP contribution in [-0.2, 0) is 11.3 Å². The number of nitrogens with zero attached hydrogens (tertiary/aromatic N) is 1. The highest BCUT2D eigenvalue weighted by Crippen LogP contribution is 2.07. The van der Waals surface area contributed by atoms with E-state index in [2.05, 4.69) is 22.6 Å². The molecule has 1 aromatic heterocycles. The third-order valence-corrected chi connectivity index (χ3v) is 2.84. The van der Waals surface area contributed by atoms with E-state index in [9.17, 15) is 9.59 Å². The Morgan fingerprint density at radius 1 is 1.62 bits per heavy atom. The summed E-state index contributed by atoms with van der Waals surface area (Å²) in [4.78, 5) is 21.9. The van der Waals surface area contributed by atoms with E-state index in [1.165, 1.54) is 10.6 Å². The van der Waals surface area contributed by atoms with E-state index >= 15 is 0 Å². The van der Waals surface area contributed by atoms with E-state index < -0.39 is 5.91 Å². The molecule has 0 aliphatic carbocycles. The Balaban J connectivity index is 3.25. The molecule has 0 unspecified atom stereocenters. The van der Waals surface area contributed by atoms with Gasteiger partial charge in [0.15, 0.2) is 0 Å². The predicted molar refractivity (Wildman–Crippen MR) is 57.4 cm³/mol. The number of halogens is 1. The van der Waals surface area contributed by atoms with Crippen molar-refractivity contribution in [2.45, 2.75) is 13.5 Å². The third-order valence-electron chi connectivity index (χ3n) is 1.70. The largest absolute Gasteiger partial charge is 0.368 e. The second-order valence-electron chi connectivity index (χ2n) is 2.66. The Morgan fingerprint density at radius 3 is 2.77 bits per heavy atom. The minimum atomic E-state index is -0.507. The van der Waals surface area contributed by atoms with Gasteiger partial charge in [-0.05, 0) is 35.6 Å². The lowest BCUT2D eigenvalue weighted by atomic mass is 10.3. The van der Waals surface area contributed by atoms with Crippen LogP contribution in [0.25, 0.3) is 0 Å². The van der Waals surface area contributed by atoms with E-state index in [0.29, 0.717) is 0 Å². The molecule has 1 heterocycles. The zero-order valence-corrected chi connectivity index (χ0v) is 9.24. The monoisotopic (exact) mass is 292 g/mol. The average molecular weight is 292 g/mol. The lowest BCUT2D eigenvalue weighted by molar-refractivity contribution is -0.118. The molecule has 2 N–H and O–H groups in total. The van der Waals surface area contributed by atoms with Gasteiger partial charge in [0.1, 0.15) is 6.54 Å². The Morgan fingerprint density at radius 2 is 2.23 bits per heavy atom. The summed E-state index contributed by atoms with van der Waals surface area (Å²) < 4.78 is 2.31. The smallest absolute Gasteiger partial charge is 0.251 e.